The van der Waals surface area contributed by atoms with E-state index in [4.69, 9.17) is 4.74 Å². The Bertz CT molecular complexity index is 1180. The van der Waals surface area contributed by atoms with Crippen LogP contribution in [0.1, 0.15) is 24.8 Å². The van der Waals surface area contributed by atoms with Gasteiger partial charge < -0.3 is 9.64 Å². The zero-order chi connectivity index (χ0) is 24.1. The molecule has 0 radical (unpaired) electrons. The van der Waals surface area contributed by atoms with Gasteiger partial charge in [0, 0.05) is 12.0 Å². The topological polar surface area (TPSA) is 75.7 Å². The number of nitrogens with zero attached hydrogens (tertiary/aromatic N) is 1. The minimum absolute atomic E-state index is 0.131. The maximum Gasteiger partial charge on any atom is 0.283 e. The van der Waals surface area contributed by atoms with E-state index in [0.717, 1.165) is 4.90 Å². The second-order valence-electron chi connectivity index (χ2n) is 9.13. The summed E-state index contributed by atoms with van der Waals surface area (Å²) in [6.07, 6.45) is 0.120. The van der Waals surface area contributed by atoms with E-state index in [1.54, 1.807) is 42.5 Å². The number of rotatable bonds is 7. The number of hydrogen-bond donors (Lipinski definition) is 1. The van der Waals surface area contributed by atoms with Gasteiger partial charge >= 0.3 is 0 Å². The third kappa shape index (κ3) is 4.34. The smallest absolute Gasteiger partial charge is 0.283 e. The molecule has 10 heteroatoms. The van der Waals surface area contributed by atoms with Crippen LogP contribution in [0.25, 0.3) is 11.1 Å². The number of amides is 1. The zero-order valence-corrected chi connectivity index (χ0v) is 19.1. The molecule has 0 spiro atoms. The molecule has 3 atom stereocenters. The standard InChI is InChI=1S/C24H25F3N2O4S/c25-21-16(7-4-8-18(21)15-5-2-1-3-6-15)13-19-22(28-34(31,32)17-9-10-17)24(26,27)14-29(19)23(30)20-11-12-33-20/h1-8,17,19-20,22,28H,9-14H2/t19-,20?,22+/m0/s1. The first-order chi connectivity index (χ1) is 16.2. The molecule has 2 aliphatic heterocycles. The molecular formula is C24H25F3N2O4S. The van der Waals surface area contributed by atoms with Crippen molar-refractivity contribution in [1.82, 2.24) is 9.62 Å². The van der Waals surface area contributed by atoms with Crippen molar-refractivity contribution in [2.75, 3.05) is 13.2 Å². The summed E-state index contributed by atoms with van der Waals surface area (Å²) >= 11 is 0. The van der Waals surface area contributed by atoms with Gasteiger partial charge in [-0.3, -0.25) is 4.79 Å². The van der Waals surface area contributed by atoms with Gasteiger partial charge in [0.1, 0.15) is 18.0 Å². The van der Waals surface area contributed by atoms with Crippen LogP contribution in [0.5, 0.6) is 0 Å². The van der Waals surface area contributed by atoms with Crippen molar-refractivity contribution in [2.45, 2.75) is 55.0 Å². The lowest BCUT2D eigenvalue weighted by molar-refractivity contribution is -0.158. The number of nitrogens with one attached hydrogen (secondary N) is 1. The maximum absolute atomic E-state index is 15.5. The SMILES string of the molecule is O=C(C1CCO1)N1CC(F)(F)[C@H](NS(=O)(=O)C2CC2)[C@@H]1Cc1cccc(-c2ccccc2)c1F. The molecule has 34 heavy (non-hydrogen) atoms. The Balaban J connectivity index is 1.50. The van der Waals surface area contributed by atoms with Gasteiger partial charge in [-0.15, -0.1) is 0 Å². The minimum Gasteiger partial charge on any atom is -0.368 e. The van der Waals surface area contributed by atoms with Crippen molar-refractivity contribution in [3.63, 3.8) is 0 Å². The van der Waals surface area contributed by atoms with Crippen molar-refractivity contribution >= 4 is 15.9 Å². The fraction of sp³-hybridized carbons (Fsp3) is 0.458. The Kier molecular flexibility index (Phi) is 5.94. The molecule has 1 aliphatic carbocycles. The molecule has 6 nitrogen and oxygen atoms in total. The minimum atomic E-state index is -3.98. The summed E-state index contributed by atoms with van der Waals surface area (Å²) < 4.78 is 78.4. The van der Waals surface area contributed by atoms with E-state index < -0.39 is 57.7 Å². The first kappa shape index (κ1) is 23.3. The summed E-state index contributed by atoms with van der Waals surface area (Å²) in [6.45, 7) is -0.592. The molecule has 3 aliphatic rings. The fourth-order valence-electron chi connectivity index (χ4n) is 4.61. The van der Waals surface area contributed by atoms with E-state index in [1.807, 2.05) is 0 Å². The Labute approximate surface area is 196 Å². The normalized spacial score (nSPS) is 26.3. The molecule has 1 N–H and O–H groups in total. The number of sulfonamides is 1. The van der Waals surface area contributed by atoms with Crippen LogP contribution in [-0.2, 0) is 26.0 Å². The number of carbonyl (C=O) groups is 1. The van der Waals surface area contributed by atoms with Gasteiger partial charge in [0.2, 0.25) is 10.0 Å². The zero-order valence-electron chi connectivity index (χ0n) is 18.3. The number of halogens is 3. The Hall–Kier alpha value is -2.43. The average molecular weight is 495 g/mol. The highest BCUT2D eigenvalue weighted by Crippen LogP contribution is 2.39. The van der Waals surface area contributed by atoms with Crippen molar-refractivity contribution < 1.29 is 31.1 Å². The molecule has 1 amide bonds. The summed E-state index contributed by atoms with van der Waals surface area (Å²) in [5.74, 6) is -4.72. The third-order valence-corrected chi connectivity index (χ3v) is 8.66. The number of ether oxygens (including phenoxy) is 1. The summed E-state index contributed by atoms with van der Waals surface area (Å²) in [6, 6.07) is 10.4. The van der Waals surface area contributed by atoms with E-state index in [9.17, 15) is 13.2 Å². The number of likely N-dealkylation sites (tertiary alicyclic amines) is 1. The van der Waals surface area contributed by atoms with E-state index in [0.29, 0.717) is 37.0 Å². The summed E-state index contributed by atoms with van der Waals surface area (Å²) in [7, 11) is -3.98. The highest BCUT2D eigenvalue weighted by atomic mass is 32.2. The Morgan fingerprint density at radius 1 is 1.09 bits per heavy atom. The monoisotopic (exact) mass is 494 g/mol. The van der Waals surface area contributed by atoms with Crippen molar-refractivity contribution in [2.24, 2.45) is 0 Å². The third-order valence-electron chi connectivity index (χ3n) is 6.73. The van der Waals surface area contributed by atoms with Crippen LogP contribution in [0.2, 0.25) is 0 Å². The number of carbonyl (C=O) groups excluding carboxylic acids is 1. The van der Waals surface area contributed by atoms with Crippen molar-refractivity contribution in [3.05, 3.63) is 59.9 Å². The highest BCUT2D eigenvalue weighted by Gasteiger charge is 2.59. The number of benzene rings is 2. The molecule has 1 unspecified atom stereocenters. The Morgan fingerprint density at radius 3 is 2.41 bits per heavy atom. The first-order valence-electron chi connectivity index (χ1n) is 11.3. The van der Waals surface area contributed by atoms with E-state index in [2.05, 4.69) is 4.72 Å². The molecule has 5 rings (SSSR count). The summed E-state index contributed by atoms with van der Waals surface area (Å²) in [5.41, 5.74) is 1.06. The lowest BCUT2D eigenvalue weighted by Gasteiger charge is -2.34. The fourth-order valence-corrected chi connectivity index (χ4v) is 6.24. The molecule has 1 saturated carbocycles. The van der Waals surface area contributed by atoms with Gasteiger partial charge in [-0.05, 0) is 30.4 Å². The molecule has 2 aromatic carbocycles. The van der Waals surface area contributed by atoms with Gasteiger partial charge in [0.15, 0.2) is 0 Å². The van der Waals surface area contributed by atoms with Gasteiger partial charge in [0.25, 0.3) is 11.8 Å². The molecule has 3 fully saturated rings. The predicted octanol–water partition coefficient (Wildman–Crippen LogP) is 3.12. The lowest BCUT2D eigenvalue weighted by atomic mass is 9.95. The second-order valence-corrected chi connectivity index (χ2v) is 11.1. The molecule has 2 aromatic rings. The van der Waals surface area contributed by atoms with Crippen LogP contribution in [0.3, 0.4) is 0 Å². The Morgan fingerprint density at radius 2 is 1.79 bits per heavy atom. The molecule has 0 bridgehead atoms. The van der Waals surface area contributed by atoms with Crippen LogP contribution in [0.15, 0.2) is 48.5 Å². The number of hydrogen-bond acceptors (Lipinski definition) is 4. The van der Waals surface area contributed by atoms with Crippen LogP contribution in [0.4, 0.5) is 13.2 Å². The van der Waals surface area contributed by atoms with E-state index in [1.165, 1.54) is 6.07 Å². The van der Waals surface area contributed by atoms with Crippen molar-refractivity contribution in [1.29, 1.82) is 0 Å². The molecule has 2 saturated heterocycles. The first-order valence-corrected chi connectivity index (χ1v) is 12.9. The number of alkyl halides is 2. The van der Waals surface area contributed by atoms with Crippen LogP contribution >= 0.6 is 0 Å². The molecule has 2 heterocycles. The van der Waals surface area contributed by atoms with Crippen LogP contribution in [-0.4, -0.2) is 61.7 Å². The van der Waals surface area contributed by atoms with Crippen LogP contribution in [0, 0.1) is 5.82 Å². The van der Waals surface area contributed by atoms with Crippen molar-refractivity contribution in [3.8, 4) is 11.1 Å². The quantitative estimate of drug-likeness (QED) is 0.642. The summed E-state index contributed by atoms with van der Waals surface area (Å²) in [5, 5.41) is -0.707. The largest absolute Gasteiger partial charge is 0.368 e. The second kappa shape index (κ2) is 8.66. The van der Waals surface area contributed by atoms with E-state index >= 15 is 13.2 Å². The highest BCUT2D eigenvalue weighted by molar-refractivity contribution is 7.90. The van der Waals surface area contributed by atoms with Gasteiger partial charge in [-0.25, -0.2) is 26.3 Å². The molecular weight excluding hydrogens is 469 g/mol. The van der Waals surface area contributed by atoms with Gasteiger partial charge in [0.05, 0.1) is 24.4 Å². The predicted molar refractivity (Wildman–Crippen MR) is 119 cm³/mol. The van der Waals surface area contributed by atoms with E-state index in [-0.39, 0.29) is 12.0 Å². The van der Waals surface area contributed by atoms with Gasteiger partial charge in [-0.1, -0.05) is 48.5 Å². The van der Waals surface area contributed by atoms with Crippen LogP contribution < -0.4 is 4.72 Å². The average Bonchev–Trinajstić information content (AvgIpc) is 3.58. The lowest BCUT2D eigenvalue weighted by Crippen LogP contribution is -2.54. The molecule has 182 valence electrons. The maximum atomic E-state index is 15.5. The molecule has 0 aromatic heterocycles. The van der Waals surface area contributed by atoms with Gasteiger partial charge in [-0.2, -0.15) is 0 Å². The summed E-state index contributed by atoms with van der Waals surface area (Å²) in [4.78, 5) is 13.9.